The third-order valence-electron chi connectivity index (χ3n) is 25.7. The van der Waals surface area contributed by atoms with Crippen molar-refractivity contribution < 1.29 is 69.4 Å². The molecule has 0 bridgehead atoms. The quantitative estimate of drug-likeness (QED) is 0.0209. The summed E-state index contributed by atoms with van der Waals surface area (Å²) in [5, 5.41) is 84.6. The molecule has 652 valence electrons. The summed E-state index contributed by atoms with van der Waals surface area (Å²) in [6.07, 6.45) is 78.7. The van der Waals surface area contributed by atoms with Crippen molar-refractivity contribution in [2.75, 3.05) is 13.2 Å². The number of rotatable bonds is 83. The van der Waals surface area contributed by atoms with Gasteiger partial charge in [0.1, 0.15) is 61.2 Å². The zero-order valence-corrected chi connectivity index (χ0v) is 72.4. The number of carbonyl (C=O) groups is 2. The Kier molecular flexibility index (Phi) is 68.2. The van der Waals surface area contributed by atoms with Gasteiger partial charge in [-0.3, -0.25) is 9.59 Å². The fourth-order valence-corrected chi connectivity index (χ4v) is 17.7. The molecule has 2 aliphatic heterocycles. The second kappa shape index (κ2) is 72.9. The Morgan fingerprint density at radius 1 is 0.327 bits per heavy atom. The fourth-order valence-electron chi connectivity index (χ4n) is 17.7. The summed E-state index contributed by atoms with van der Waals surface area (Å²) in [7, 11) is 0. The van der Waals surface area contributed by atoms with Gasteiger partial charge in [0.05, 0.1) is 18.6 Å². The minimum atomic E-state index is -1.83. The third kappa shape index (κ3) is 53.9. The van der Waals surface area contributed by atoms with E-state index in [2.05, 4.69) is 20.8 Å². The summed E-state index contributed by atoms with van der Waals surface area (Å²) < 4.78 is 22.5. The molecule has 1 aliphatic carbocycles. The molecule has 3 rings (SSSR count). The predicted molar refractivity (Wildman–Crippen MR) is 456 cm³/mol. The smallest absolute Gasteiger partial charge is 0.311 e. The first kappa shape index (κ1) is 103. The number of hydrogen-bond acceptors (Lipinski definition) is 14. The molecule has 0 aromatic heterocycles. The summed E-state index contributed by atoms with van der Waals surface area (Å²) in [6.45, 7) is 5.54. The van der Waals surface area contributed by atoms with Crippen molar-refractivity contribution in [1.29, 1.82) is 0 Å². The van der Waals surface area contributed by atoms with E-state index in [4.69, 9.17) is 18.9 Å². The molecule has 14 heteroatoms. The number of hydrogen-bond donors (Lipinski definition) is 8. The molecule has 2 heterocycles. The van der Waals surface area contributed by atoms with Crippen LogP contribution in [0.15, 0.2) is 0 Å². The second-order valence-electron chi connectivity index (χ2n) is 35.9. The average molecular weight is 1560 g/mol. The summed E-state index contributed by atoms with van der Waals surface area (Å²) in [4.78, 5) is 26.6. The van der Waals surface area contributed by atoms with Gasteiger partial charge in [0.15, 0.2) is 12.6 Å². The zero-order valence-electron chi connectivity index (χ0n) is 72.4. The molecule has 110 heavy (non-hydrogen) atoms. The standard InChI is InChI=1S/C96H184O14/c1-4-6-8-10-12-14-16-18-20-22-23-24-25-26-27-32-38-44-50-56-62-68-74-83(94(106)107-79-87-89(101)91(103)93(105)96(109-87)110-95-92(104)90(102)88(100)86(78-97)108-95)85(99)76-70-64-58-52-46-40-34-37-43-49-55-61-67-73-82-77-81(82)72-66-60-54-48-42-36-31-28-29-33-39-45-51-57-63-69-75-84(98)80(3)71-65-59-53-47-41-35-30-21-19-17-15-13-11-9-7-5-2/h80-83,85-93,95-97,99-105H,4-79H2,1-3H3/t80?,81?,82?,83-,85-,86-,87-,88-,89-,90+,91+,92-,93-,95-,96-/m1/s1. The van der Waals surface area contributed by atoms with E-state index in [1.165, 1.54) is 398 Å². The van der Waals surface area contributed by atoms with Crippen LogP contribution in [0.25, 0.3) is 0 Å². The van der Waals surface area contributed by atoms with Gasteiger partial charge >= 0.3 is 5.97 Å². The predicted octanol–water partition coefficient (Wildman–Crippen LogP) is 24.5. The van der Waals surface area contributed by atoms with Gasteiger partial charge in [-0.15, -0.1) is 0 Å². The van der Waals surface area contributed by atoms with Crippen molar-refractivity contribution >= 4 is 11.8 Å². The van der Waals surface area contributed by atoms with Crippen LogP contribution in [0.5, 0.6) is 0 Å². The first-order valence-corrected chi connectivity index (χ1v) is 48.9. The van der Waals surface area contributed by atoms with Gasteiger partial charge in [-0.25, -0.2) is 0 Å². The van der Waals surface area contributed by atoms with Gasteiger partial charge in [0, 0.05) is 12.3 Å². The summed E-state index contributed by atoms with van der Waals surface area (Å²) >= 11 is 0. The molecule has 2 saturated heterocycles. The van der Waals surface area contributed by atoms with Crippen molar-refractivity contribution in [2.24, 2.45) is 23.7 Å². The maximum Gasteiger partial charge on any atom is 0.311 e. The van der Waals surface area contributed by atoms with Crippen LogP contribution in [0.4, 0.5) is 0 Å². The fraction of sp³-hybridized carbons (Fsp3) is 0.979. The van der Waals surface area contributed by atoms with Crippen LogP contribution in [-0.4, -0.2) is 133 Å². The largest absolute Gasteiger partial charge is 0.463 e. The third-order valence-corrected chi connectivity index (χ3v) is 25.7. The normalized spacial score (nSPS) is 22.9. The first-order chi connectivity index (χ1) is 53.8. The molecular formula is C96H184O14. The van der Waals surface area contributed by atoms with Crippen LogP contribution in [0.1, 0.15) is 496 Å². The molecule has 0 amide bonds. The zero-order chi connectivity index (χ0) is 79.4. The topological polar surface area (TPSA) is 233 Å². The van der Waals surface area contributed by atoms with Gasteiger partial charge in [-0.05, 0) is 43.9 Å². The van der Waals surface area contributed by atoms with Crippen molar-refractivity contribution in [3.8, 4) is 0 Å². The van der Waals surface area contributed by atoms with Crippen LogP contribution in [-0.2, 0) is 28.5 Å². The van der Waals surface area contributed by atoms with E-state index in [-0.39, 0.29) is 5.92 Å². The van der Waals surface area contributed by atoms with Crippen molar-refractivity contribution in [3.05, 3.63) is 0 Å². The van der Waals surface area contributed by atoms with E-state index in [0.29, 0.717) is 18.6 Å². The van der Waals surface area contributed by atoms with E-state index in [1.54, 1.807) is 0 Å². The number of ether oxygens (including phenoxy) is 4. The van der Waals surface area contributed by atoms with Crippen molar-refractivity contribution in [3.63, 3.8) is 0 Å². The Morgan fingerprint density at radius 2 is 0.591 bits per heavy atom. The van der Waals surface area contributed by atoms with Gasteiger partial charge in [-0.1, -0.05) is 457 Å². The van der Waals surface area contributed by atoms with Gasteiger partial charge in [-0.2, -0.15) is 0 Å². The van der Waals surface area contributed by atoms with E-state index in [1.807, 2.05) is 0 Å². The van der Waals surface area contributed by atoms with Crippen molar-refractivity contribution in [2.45, 2.75) is 563 Å². The molecule has 1 saturated carbocycles. The lowest BCUT2D eigenvalue weighted by atomic mass is 9.91. The molecule has 0 aromatic rings. The van der Waals surface area contributed by atoms with E-state index in [0.717, 1.165) is 76.0 Å². The molecule has 0 spiro atoms. The van der Waals surface area contributed by atoms with Crippen LogP contribution < -0.4 is 0 Å². The Morgan fingerprint density at radius 3 is 0.909 bits per heavy atom. The Hall–Kier alpha value is -1.30. The minimum absolute atomic E-state index is 0.265. The van der Waals surface area contributed by atoms with Crippen molar-refractivity contribution in [1.82, 2.24) is 0 Å². The number of ketones is 1. The van der Waals surface area contributed by atoms with Crippen LogP contribution in [0.2, 0.25) is 0 Å². The molecule has 15 atom stereocenters. The highest BCUT2D eigenvalue weighted by atomic mass is 16.8. The SMILES string of the molecule is CCCCCCCCCCCCCCCCCCCCCCCC[C@@H](C(=O)OC[C@H]1O[C@H](O[C@H]2O[C@H](CO)[C@@H](O)[C@H](O)[C@H]2O)[C@H](O)[C@@H](O)[C@@H]1O)[C@H](O)CCCCCCCCCCCCCCCC1CC1CCCCCCCCCCCCCCCCCCC(=O)C(C)CCCCCCCCCCCCCCCCCC. The number of aliphatic hydroxyl groups is 8. The molecule has 0 aromatic carbocycles. The lowest BCUT2D eigenvalue weighted by Crippen LogP contribution is -2.63. The van der Waals surface area contributed by atoms with E-state index >= 15 is 0 Å². The average Bonchev–Trinajstić information content (AvgIpc) is 1.62. The Labute approximate surface area is 678 Å². The summed E-state index contributed by atoms with van der Waals surface area (Å²) in [5.41, 5.74) is 0. The molecule has 3 aliphatic rings. The Balaban J connectivity index is 1.12. The van der Waals surface area contributed by atoms with Crippen LogP contribution in [0.3, 0.4) is 0 Å². The molecule has 3 unspecified atom stereocenters. The van der Waals surface area contributed by atoms with Gasteiger partial charge in [0.25, 0.3) is 0 Å². The maximum atomic E-state index is 13.9. The first-order valence-electron chi connectivity index (χ1n) is 48.9. The number of unbranched alkanes of at least 4 members (excludes halogenated alkanes) is 63. The monoisotopic (exact) mass is 1560 g/mol. The number of carbonyl (C=O) groups excluding carboxylic acids is 2. The Bertz CT molecular complexity index is 2000. The number of esters is 1. The number of aliphatic hydroxyl groups excluding tert-OH is 8. The van der Waals surface area contributed by atoms with E-state index < -0.39 is 92.6 Å². The highest BCUT2D eigenvalue weighted by molar-refractivity contribution is 5.80. The highest BCUT2D eigenvalue weighted by Gasteiger charge is 2.50. The number of Topliss-reactive ketones (excluding diaryl/α,β-unsaturated/α-hetero) is 1. The molecule has 8 N–H and O–H groups in total. The van der Waals surface area contributed by atoms with Gasteiger partial charge < -0.3 is 59.8 Å². The molecule has 14 nitrogen and oxygen atoms in total. The minimum Gasteiger partial charge on any atom is -0.463 e. The molecule has 3 fully saturated rings. The van der Waals surface area contributed by atoms with E-state index in [9.17, 15) is 50.4 Å². The summed E-state index contributed by atoms with van der Waals surface area (Å²) in [6, 6.07) is 0. The van der Waals surface area contributed by atoms with Crippen LogP contribution in [0, 0.1) is 23.7 Å². The maximum absolute atomic E-state index is 13.9. The highest BCUT2D eigenvalue weighted by Crippen LogP contribution is 2.46. The van der Waals surface area contributed by atoms with Gasteiger partial charge in [0.2, 0.25) is 0 Å². The lowest BCUT2D eigenvalue weighted by molar-refractivity contribution is -0.376. The summed E-state index contributed by atoms with van der Waals surface area (Å²) in [5.74, 6) is 1.43. The lowest BCUT2D eigenvalue weighted by Gasteiger charge is -2.44. The molecular weight excluding hydrogens is 1380 g/mol. The second-order valence-corrected chi connectivity index (χ2v) is 35.9. The molecule has 0 radical (unpaired) electrons. The van der Waals surface area contributed by atoms with Crippen LogP contribution >= 0.6 is 0 Å².